The molecule has 152 valence electrons. The van der Waals surface area contributed by atoms with Gasteiger partial charge in [-0.05, 0) is 18.3 Å². The fourth-order valence-corrected chi connectivity index (χ4v) is 3.37. The van der Waals surface area contributed by atoms with Crippen LogP contribution in [-0.4, -0.2) is 13.8 Å². The second-order valence-corrected chi connectivity index (χ2v) is 6.76. The Morgan fingerprint density at radius 1 is 0.923 bits per heavy atom. The van der Waals surface area contributed by atoms with Gasteiger partial charge in [0.05, 0.1) is 13.8 Å². The number of alkyl halides is 1. The smallest absolute Gasteiger partial charge is 0.190 e. The highest BCUT2D eigenvalue weighted by atomic mass is 19.1. The van der Waals surface area contributed by atoms with Gasteiger partial charge in [-0.15, -0.1) is 0 Å². The van der Waals surface area contributed by atoms with Crippen molar-refractivity contribution in [3.05, 3.63) is 29.6 Å². The number of unbranched alkanes of at least 4 members (excludes halogenated alkanes) is 2. The number of rotatable bonds is 7. The van der Waals surface area contributed by atoms with E-state index in [1.165, 1.54) is 51.4 Å². The van der Waals surface area contributed by atoms with Gasteiger partial charge in [-0.1, -0.05) is 58.3 Å². The zero-order chi connectivity index (χ0) is 18.7. The second kappa shape index (κ2) is 13.8. The summed E-state index contributed by atoms with van der Waals surface area (Å²) in [5, 5.41) is 0. The Bertz CT molecular complexity index is 464. The largest absolute Gasteiger partial charge is 0.491 e. The average molecular weight is 382 g/mol. The fourth-order valence-electron chi connectivity index (χ4n) is 3.37. The van der Waals surface area contributed by atoms with E-state index < -0.39 is 23.2 Å². The molecule has 0 heterocycles. The normalized spacial score (nSPS) is 19.2. The van der Waals surface area contributed by atoms with Crippen LogP contribution in [0.15, 0.2) is 12.1 Å². The van der Waals surface area contributed by atoms with Gasteiger partial charge in [-0.3, -0.25) is 9.09 Å². The molecule has 0 N–H and O–H groups in total. The lowest BCUT2D eigenvalue weighted by atomic mass is 9.79. The first-order valence-corrected chi connectivity index (χ1v) is 9.26. The number of ether oxygens (including phenoxy) is 1. The van der Waals surface area contributed by atoms with E-state index >= 15 is 0 Å². The van der Waals surface area contributed by atoms with Crippen LogP contribution in [0.3, 0.4) is 0 Å². The quantitative estimate of drug-likeness (QED) is 0.364. The molecule has 0 unspecified atom stereocenters. The summed E-state index contributed by atoms with van der Waals surface area (Å²) in [5.41, 5.74) is 0. The summed E-state index contributed by atoms with van der Waals surface area (Å²) >= 11 is 0. The van der Waals surface area contributed by atoms with Crippen molar-refractivity contribution in [1.82, 2.24) is 0 Å². The molecular weight excluding hydrogens is 351 g/mol. The Hall–Kier alpha value is -1.33. The molecule has 6 heteroatoms. The first kappa shape index (κ1) is 24.7. The number of benzene rings is 1. The zero-order valence-corrected chi connectivity index (χ0v) is 15.7. The van der Waals surface area contributed by atoms with Gasteiger partial charge in [0, 0.05) is 12.1 Å². The summed E-state index contributed by atoms with van der Waals surface area (Å²) in [4.78, 5) is 0. The summed E-state index contributed by atoms with van der Waals surface area (Å²) in [6, 6.07) is 1.11. The topological polar surface area (TPSA) is 9.23 Å². The highest BCUT2D eigenvalue weighted by molar-refractivity contribution is 5.26. The van der Waals surface area contributed by atoms with Crippen LogP contribution >= 0.6 is 0 Å². The number of hydrogen-bond acceptors (Lipinski definition) is 1. The average Bonchev–Trinajstić information content (AvgIpc) is 2.57. The number of hydrogen-bond donors (Lipinski definition) is 0. The maximum atomic E-state index is 12.5. The standard InChI is InChI=1S/C13H25F.C7H5F3O.FH/c1-2-3-4-5-12-6-8-13(9-7-12)10-11-14;1-11-7-5(9)2-4(8)3-6(7)10;/h12-13H,2-11H2,1H3;2-3H,1H3;1H. The molecule has 0 spiro atoms. The molecule has 0 aliphatic heterocycles. The molecule has 0 aromatic heterocycles. The van der Waals surface area contributed by atoms with Gasteiger partial charge in [-0.2, -0.15) is 0 Å². The molecular formula is C20H31F5O. The van der Waals surface area contributed by atoms with E-state index in [0.29, 0.717) is 18.1 Å². The lowest BCUT2D eigenvalue weighted by Gasteiger charge is -2.27. The minimum atomic E-state index is -1.04. The van der Waals surface area contributed by atoms with Crippen LogP contribution in [0.2, 0.25) is 0 Å². The molecule has 0 amide bonds. The van der Waals surface area contributed by atoms with Crippen molar-refractivity contribution in [3.63, 3.8) is 0 Å². The summed E-state index contributed by atoms with van der Waals surface area (Å²) < 4.78 is 53.7. The molecule has 1 aliphatic rings. The molecule has 0 atom stereocenters. The lowest BCUT2D eigenvalue weighted by Crippen LogP contribution is -2.15. The van der Waals surface area contributed by atoms with E-state index in [1.54, 1.807) is 0 Å². The van der Waals surface area contributed by atoms with Crippen molar-refractivity contribution < 1.29 is 27.0 Å². The highest BCUT2D eigenvalue weighted by Crippen LogP contribution is 2.33. The van der Waals surface area contributed by atoms with Gasteiger partial charge in [0.15, 0.2) is 17.4 Å². The summed E-state index contributed by atoms with van der Waals surface area (Å²) in [5.74, 6) is -1.91. The predicted molar refractivity (Wildman–Crippen MR) is 95.6 cm³/mol. The molecule has 2 rings (SSSR count). The number of methoxy groups -OCH3 is 1. The van der Waals surface area contributed by atoms with Gasteiger partial charge in [0.2, 0.25) is 0 Å². The van der Waals surface area contributed by atoms with Crippen molar-refractivity contribution >= 4 is 0 Å². The third-order valence-corrected chi connectivity index (χ3v) is 4.87. The maximum absolute atomic E-state index is 12.5. The van der Waals surface area contributed by atoms with E-state index in [0.717, 1.165) is 19.4 Å². The third-order valence-electron chi connectivity index (χ3n) is 4.87. The fraction of sp³-hybridized carbons (Fsp3) is 0.700. The molecule has 1 saturated carbocycles. The minimum absolute atomic E-state index is 0. The van der Waals surface area contributed by atoms with Gasteiger partial charge in [0.25, 0.3) is 0 Å². The molecule has 0 bridgehead atoms. The Labute approximate surface area is 153 Å². The first-order valence-electron chi connectivity index (χ1n) is 9.26. The summed E-state index contributed by atoms with van der Waals surface area (Å²) in [6.07, 6.45) is 11.7. The molecule has 0 radical (unpaired) electrons. The third kappa shape index (κ3) is 8.86. The molecule has 1 aromatic carbocycles. The molecule has 1 aromatic rings. The molecule has 1 fully saturated rings. The van der Waals surface area contributed by atoms with Crippen LogP contribution in [-0.2, 0) is 0 Å². The van der Waals surface area contributed by atoms with Crippen LogP contribution in [0, 0.1) is 29.3 Å². The van der Waals surface area contributed by atoms with Gasteiger partial charge in [-0.25, -0.2) is 13.2 Å². The van der Waals surface area contributed by atoms with E-state index in [2.05, 4.69) is 11.7 Å². The molecule has 26 heavy (non-hydrogen) atoms. The van der Waals surface area contributed by atoms with Crippen molar-refractivity contribution in [3.8, 4) is 5.75 Å². The van der Waals surface area contributed by atoms with Crippen molar-refractivity contribution in [2.75, 3.05) is 13.8 Å². The first-order chi connectivity index (χ1) is 12.0. The van der Waals surface area contributed by atoms with Crippen molar-refractivity contribution in [1.29, 1.82) is 0 Å². The van der Waals surface area contributed by atoms with Crippen LogP contribution in [0.1, 0.15) is 64.7 Å². The van der Waals surface area contributed by atoms with E-state index in [1.807, 2.05) is 0 Å². The van der Waals surface area contributed by atoms with Crippen LogP contribution in [0.5, 0.6) is 5.75 Å². The summed E-state index contributed by atoms with van der Waals surface area (Å²) in [7, 11) is 1.11. The zero-order valence-electron chi connectivity index (χ0n) is 15.7. The molecule has 1 nitrogen and oxygen atoms in total. The van der Waals surface area contributed by atoms with E-state index in [-0.39, 0.29) is 11.4 Å². The Morgan fingerprint density at radius 3 is 1.85 bits per heavy atom. The SMILES string of the molecule is CCCCCC1CCC(CCF)CC1.COc1c(F)cc(F)cc1F.F. The Morgan fingerprint density at radius 2 is 1.42 bits per heavy atom. The van der Waals surface area contributed by atoms with Crippen LogP contribution in [0.25, 0.3) is 0 Å². The van der Waals surface area contributed by atoms with E-state index in [4.69, 9.17) is 0 Å². The monoisotopic (exact) mass is 382 g/mol. The minimum Gasteiger partial charge on any atom is -0.491 e. The van der Waals surface area contributed by atoms with Gasteiger partial charge >= 0.3 is 0 Å². The Kier molecular flexibility index (Phi) is 13.1. The summed E-state index contributed by atoms with van der Waals surface area (Å²) in [6.45, 7) is 2.16. The molecule has 1 aliphatic carbocycles. The van der Waals surface area contributed by atoms with Crippen LogP contribution in [0.4, 0.5) is 22.3 Å². The second-order valence-electron chi connectivity index (χ2n) is 6.76. The number of halogens is 5. The van der Waals surface area contributed by atoms with Gasteiger partial charge in [0.1, 0.15) is 5.82 Å². The van der Waals surface area contributed by atoms with Gasteiger partial charge < -0.3 is 4.74 Å². The lowest BCUT2D eigenvalue weighted by molar-refractivity contribution is 0.235. The van der Waals surface area contributed by atoms with Crippen molar-refractivity contribution in [2.24, 2.45) is 11.8 Å². The predicted octanol–water partition coefficient (Wildman–Crippen LogP) is 7.00. The Balaban J connectivity index is 0.000000475. The van der Waals surface area contributed by atoms with Crippen LogP contribution < -0.4 is 4.74 Å². The van der Waals surface area contributed by atoms with E-state index in [9.17, 15) is 17.6 Å². The molecule has 0 saturated heterocycles. The maximum Gasteiger partial charge on any atom is 0.190 e. The highest BCUT2D eigenvalue weighted by Gasteiger charge is 2.20. The van der Waals surface area contributed by atoms with Crippen molar-refractivity contribution in [2.45, 2.75) is 64.7 Å².